The average molecular weight is 551 g/mol. The van der Waals surface area contributed by atoms with Crippen molar-refractivity contribution in [3.63, 3.8) is 0 Å². The van der Waals surface area contributed by atoms with Crippen LogP contribution in [-0.2, 0) is 34.0 Å². The van der Waals surface area contributed by atoms with Crippen molar-refractivity contribution in [2.75, 3.05) is 24.7 Å². The molecule has 1 saturated heterocycles. The summed E-state index contributed by atoms with van der Waals surface area (Å²) in [7, 11) is -8.45. The van der Waals surface area contributed by atoms with Gasteiger partial charge < -0.3 is 14.6 Å². The van der Waals surface area contributed by atoms with Crippen molar-refractivity contribution in [1.82, 2.24) is 0 Å². The number of hydrogen-bond donors (Lipinski definition) is 1. The molecule has 1 N–H and O–H groups in total. The zero-order valence-corrected chi connectivity index (χ0v) is 20.5. The fourth-order valence-electron chi connectivity index (χ4n) is 4.89. The summed E-state index contributed by atoms with van der Waals surface area (Å²) < 4.78 is 91.7. The van der Waals surface area contributed by atoms with Gasteiger partial charge in [0.25, 0.3) is 0 Å². The van der Waals surface area contributed by atoms with Crippen LogP contribution in [0.5, 0.6) is 5.75 Å². The first kappa shape index (κ1) is 25.8. The third-order valence-electron chi connectivity index (χ3n) is 6.40. The molecular weight excluding hydrogens is 530 g/mol. The number of halogens is 3. The molecule has 4 rings (SSSR count). The molecule has 1 fully saturated rings. The minimum Gasteiger partial charge on any atom is -0.490 e. The minimum absolute atomic E-state index is 0.178. The maximum Gasteiger partial charge on any atom is 0.318 e. The summed E-state index contributed by atoms with van der Waals surface area (Å²) in [6, 6.07) is 6.90. The molecule has 2 aliphatic heterocycles. The lowest BCUT2D eigenvalue weighted by Gasteiger charge is -2.50. The van der Waals surface area contributed by atoms with Crippen molar-refractivity contribution in [1.29, 1.82) is 0 Å². The molecule has 35 heavy (non-hydrogen) atoms. The molecule has 190 valence electrons. The Morgan fingerprint density at radius 1 is 1.09 bits per heavy atom. The smallest absolute Gasteiger partial charge is 0.318 e. The first-order chi connectivity index (χ1) is 16.4. The van der Waals surface area contributed by atoms with E-state index in [1.54, 1.807) is 0 Å². The number of carbonyl (C=O) groups is 1. The molecule has 0 bridgehead atoms. The van der Waals surface area contributed by atoms with Crippen molar-refractivity contribution < 1.29 is 45.0 Å². The first-order valence-electron chi connectivity index (χ1n) is 10.5. The van der Waals surface area contributed by atoms with Crippen molar-refractivity contribution >= 4 is 37.2 Å². The Morgan fingerprint density at radius 2 is 1.74 bits per heavy atom. The van der Waals surface area contributed by atoms with E-state index in [0.29, 0.717) is 0 Å². The van der Waals surface area contributed by atoms with Crippen molar-refractivity contribution in [2.24, 2.45) is 5.92 Å². The summed E-state index contributed by atoms with van der Waals surface area (Å²) in [5.41, 5.74) is -0.467. The summed E-state index contributed by atoms with van der Waals surface area (Å²) in [6.07, 6.45) is -1.55. The molecular formula is C22H21ClF2O8S2. The predicted octanol–water partition coefficient (Wildman–Crippen LogP) is 2.97. The number of hydrogen-bond acceptors (Lipinski definition) is 7. The van der Waals surface area contributed by atoms with Gasteiger partial charge in [-0.15, -0.1) is 0 Å². The van der Waals surface area contributed by atoms with Crippen LogP contribution in [0.1, 0.15) is 18.4 Å². The zero-order chi connectivity index (χ0) is 25.6. The lowest BCUT2D eigenvalue weighted by Crippen LogP contribution is -2.57. The van der Waals surface area contributed by atoms with Crippen LogP contribution >= 0.6 is 11.6 Å². The number of carboxylic acid groups (broad SMARTS) is 1. The molecule has 0 aromatic heterocycles. The molecule has 3 atom stereocenters. The number of aliphatic carboxylic acids is 1. The van der Waals surface area contributed by atoms with Crippen molar-refractivity contribution in [3.05, 3.63) is 58.6 Å². The van der Waals surface area contributed by atoms with E-state index in [-0.39, 0.29) is 36.0 Å². The maximum atomic E-state index is 15.3. The molecule has 0 aliphatic carbocycles. The fraction of sp³-hybridized carbons (Fsp3) is 0.409. The Kier molecular flexibility index (Phi) is 6.86. The van der Waals surface area contributed by atoms with E-state index >= 15 is 4.39 Å². The standard InChI is InChI=1S/C22H21ClF2O8S2/c23-13-1-3-14(4-2-13)35(30,31)22-8-9-32-18(7-10-34(28,29)12-19(26)27)15(22)11-33-21-17(25)6-5-16(24)20(21)22/h1-6,15,18H,7-12H2,(H,26,27)/t15-,18-,22-/m0/s1. The monoisotopic (exact) mass is 550 g/mol. The number of carboxylic acids is 1. The number of benzene rings is 2. The van der Waals surface area contributed by atoms with Crippen LogP contribution in [0, 0.1) is 17.6 Å². The highest BCUT2D eigenvalue weighted by Gasteiger charge is 2.61. The quantitative estimate of drug-likeness (QED) is 0.558. The second-order valence-corrected chi connectivity index (χ2v) is 13.3. The number of sulfone groups is 2. The number of rotatable bonds is 7. The van der Waals surface area contributed by atoms with Gasteiger partial charge in [-0.1, -0.05) is 11.6 Å². The second kappa shape index (κ2) is 9.30. The summed E-state index contributed by atoms with van der Waals surface area (Å²) >= 11 is 5.91. The van der Waals surface area contributed by atoms with E-state index in [1.165, 1.54) is 24.3 Å². The summed E-state index contributed by atoms with van der Waals surface area (Å²) in [4.78, 5) is 10.7. The Bertz CT molecular complexity index is 1360. The van der Waals surface area contributed by atoms with E-state index in [1.807, 2.05) is 0 Å². The van der Waals surface area contributed by atoms with Gasteiger partial charge in [0.1, 0.15) is 16.3 Å². The van der Waals surface area contributed by atoms with E-state index in [9.17, 15) is 26.0 Å². The van der Waals surface area contributed by atoms with Gasteiger partial charge in [-0.25, -0.2) is 25.6 Å². The molecule has 0 unspecified atom stereocenters. The Morgan fingerprint density at radius 3 is 2.40 bits per heavy atom. The van der Waals surface area contributed by atoms with Crippen molar-refractivity contribution in [3.8, 4) is 5.75 Å². The van der Waals surface area contributed by atoms with Gasteiger partial charge in [0.15, 0.2) is 31.2 Å². The largest absolute Gasteiger partial charge is 0.490 e. The lowest BCUT2D eigenvalue weighted by molar-refractivity contribution is -0.134. The Labute approximate surface area is 205 Å². The van der Waals surface area contributed by atoms with Gasteiger partial charge in [0.2, 0.25) is 0 Å². The fourth-order valence-corrected chi connectivity index (χ4v) is 8.47. The molecule has 2 heterocycles. The molecule has 2 aromatic rings. The SMILES string of the molecule is O=C(O)CS(=O)(=O)CC[C@@H]1OCC[C@@]2(S(=O)(=O)c3ccc(Cl)cc3)c3c(F)ccc(F)c3OC[C@@H]12. The van der Waals surface area contributed by atoms with Gasteiger partial charge in [-0.2, -0.15) is 0 Å². The molecule has 0 amide bonds. The normalized spacial score (nSPS) is 24.2. The second-order valence-electron chi connectivity index (χ2n) is 8.43. The molecule has 8 nitrogen and oxygen atoms in total. The van der Waals surface area contributed by atoms with E-state index < -0.39 is 76.9 Å². The van der Waals surface area contributed by atoms with Crippen LogP contribution in [0.15, 0.2) is 41.3 Å². The van der Waals surface area contributed by atoms with Crippen LogP contribution < -0.4 is 4.74 Å². The van der Waals surface area contributed by atoms with Gasteiger partial charge in [0.05, 0.1) is 28.9 Å². The average Bonchev–Trinajstić information content (AvgIpc) is 2.79. The molecule has 2 aromatic carbocycles. The van der Waals surface area contributed by atoms with Crippen LogP contribution in [-0.4, -0.2) is 58.7 Å². The summed E-state index contributed by atoms with van der Waals surface area (Å²) in [6.45, 7) is -0.577. The van der Waals surface area contributed by atoms with Gasteiger partial charge in [-0.05, 0) is 49.2 Å². The summed E-state index contributed by atoms with van der Waals surface area (Å²) in [5.74, 6) is -6.77. The first-order valence-corrected chi connectivity index (χ1v) is 14.2. The topological polar surface area (TPSA) is 124 Å². The molecule has 0 radical (unpaired) electrons. The Hall–Kier alpha value is -2.28. The minimum atomic E-state index is -4.43. The van der Waals surface area contributed by atoms with Crippen LogP contribution in [0.3, 0.4) is 0 Å². The Balaban J connectivity index is 1.86. The van der Waals surface area contributed by atoms with E-state index in [0.717, 1.165) is 12.1 Å². The third kappa shape index (κ3) is 4.52. The predicted molar refractivity (Wildman–Crippen MR) is 121 cm³/mol. The molecule has 0 spiro atoms. The maximum absolute atomic E-state index is 15.3. The molecule has 2 aliphatic rings. The molecule has 0 saturated carbocycles. The van der Waals surface area contributed by atoms with E-state index in [2.05, 4.69) is 0 Å². The van der Waals surface area contributed by atoms with Crippen molar-refractivity contribution in [2.45, 2.75) is 28.6 Å². The van der Waals surface area contributed by atoms with Gasteiger partial charge >= 0.3 is 5.97 Å². The highest BCUT2D eigenvalue weighted by atomic mass is 35.5. The molecule has 13 heteroatoms. The number of ether oxygens (including phenoxy) is 2. The van der Waals surface area contributed by atoms with Gasteiger partial charge in [0, 0.05) is 17.5 Å². The lowest BCUT2D eigenvalue weighted by atomic mass is 9.75. The number of fused-ring (bicyclic) bond motifs is 3. The highest BCUT2D eigenvalue weighted by molar-refractivity contribution is 7.92. The van der Waals surface area contributed by atoms with Gasteiger partial charge in [-0.3, -0.25) is 4.79 Å². The third-order valence-corrected chi connectivity index (χ3v) is 10.8. The van der Waals surface area contributed by atoms with Crippen LogP contribution in [0.25, 0.3) is 0 Å². The van der Waals surface area contributed by atoms with E-state index in [4.69, 9.17) is 26.2 Å². The summed E-state index contributed by atoms with van der Waals surface area (Å²) in [5, 5.41) is 9.11. The van der Waals surface area contributed by atoms with Crippen LogP contribution in [0.2, 0.25) is 5.02 Å². The highest BCUT2D eigenvalue weighted by Crippen LogP contribution is 2.55. The zero-order valence-electron chi connectivity index (χ0n) is 18.1. The van der Waals surface area contributed by atoms with Crippen LogP contribution in [0.4, 0.5) is 8.78 Å².